The predicted octanol–water partition coefficient (Wildman–Crippen LogP) is 2.72. The largest absolute Gasteiger partial charge is 0.416 e. The van der Waals surface area contributed by atoms with Gasteiger partial charge in [-0.15, -0.1) is 5.10 Å². The second-order valence-electron chi connectivity index (χ2n) is 10.2. The van der Waals surface area contributed by atoms with Gasteiger partial charge in [0.1, 0.15) is 12.2 Å². The first-order valence-electron chi connectivity index (χ1n) is 13.2. The molecule has 11 nitrogen and oxygen atoms in total. The van der Waals surface area contributed by atoms with Gasteiger partial charge in [-0.2, -0.15) is 22.7 Å². The van der Waals surface area contributed by atoms with Crippen LogP contribution in [0.4, 0.5) is 24.5 Å². The number of hydrogen-bond donors (Lipinski definition) is 1. The van der Waals surface area contributed by atoms with Crippen molar-refractivity contribution in [3.8, 4) is 0 Å². The van der Waals surface area contributed by atoms with Gasteiger partial charge in [-0.1, -0.05) is 6.08 Å². The van der Waals surface area contributed by atoms with Gasteiger partial charge in [-0.05, 0) is 50.1 Å². The number of rotatable bonds is 5. The molecule has 0 saturated carbocycles. The molecule has 2 aliphatic rings. The number of halogens is 3. The van der Waals surface area contributed by atoms with Crippen LogP contribution in [0.1, 0.15) is 37.4 Å². The fourth-order valence-corrected chi connectivity index (χ4v) is 5.28. The number of amides is 2. The number of anilines is 2. The van der Waals surface area contributed by atoms with E-state index in [9.17, 15) is 27.6 Å². The lowest BCUT2D eigenvalue weighted by molar-refractivity contribution is -0.137. The molecule has 0 spiro atoms. The summed E-state index contributed by atoms with van der Waals surface area (Å²) in [6.45, 7) is 6.99. The number of carbonyl (C=O) groups is 2. The van der Waals surface area contributed by atoms with Crippen molar-refractivity contribution in [2.24, 2.45) is 0 Å². The van der Waals surface area contributed by atoms with Gasteiger partial charge in [0, 0.05) is 44.0 Å². The molecule has 2 amide bonds. The van der Waals surface area contributed by atoms with Crippen molar-refractivity contribution >= 4 is 34.5 Å². The van der Waals surface area contributed by atoms with Gasteiger partial charge in [0.15, 0.2) is 5.82 Å². The van der Waals surface area contributed by atoms with Crippen molar-refractivity contribution in [1.29, 1.82) is 0 Å². The molecule has 218 valence electrons. The molecule has 1 saturated heterocycles. The first-order valence-corrected chi connectivity index (χ1v) is 13.2. The normalized spacial score (nSPS) is 18.0. The fourth-order valence-electron chi connectivity index (χ4n) is 5.28. The maximum Gasteiger partial charge on any atom is 0.416 e. The highest BCUT2D eigenvalue weighted by molar-refractivity contribution is 5.91. The maximum atomic E-state index is 13.8. The third kappa shape index (κ3) is 5.69. The fraction of sp³-hybridized carbons (Fsp3) is 0.444. The highest BCUT2D eigenvalue weighted by Gasteiger charge is 2.31. The van der Waals surface area contributed by atoms with Crippen LogP contribution in [0, 0.1) is 6.92 Å². The van der Waals surface area contributed by atoms with E-state index < -0.39 is 23.2 Å². The van der Waals surface area contributed by atoms with Crippen LogP contribution in [0.5, 0.6) is 0 Å². The van der Waals surface area contributed by atoms with E-state index in [-0.39, 0.29) is 30.0 Å². The summed E-state index contributed by atoms with van der Waals surface area (Å²) in [4.78, 5) is 47.2. The maximum absolute atomic E-state index is 13.8. The molecule has 3 aromatic rings. The van der Waals surface area contributed by atoms with Crippen LogP contribution in [0.3, 0.4) is 0 Å². The molecule has 1 unspecified atom stereocenters. The number of aromatic nitrogens is 4. The summed E-state index contributed by atoms with van der Waals surface area (Å²) in [5, 5.41) is 7.12. The van der Waals surface area contributed by atoms with Gasteiger partial charge < -0.3 is 24.4 Å². The Morgan fingerprint density at radius 3 is 2.51 bits per heavy atom. The number of nitrogens with zero attached hydrogens (tertiary/aromatic N) is 6. The number of carbonyl (C=O) groups excluding carboxylic acids is 2. The lowest BCUT2D eigenvalue weighted by Crippen LogP contribution is -2.55. The lowest BCUT2D eigenvalue weighted by atomic mass is 10.1. The summed E-state index contributed by atoms with van der Waals surface area (Å²) in [5.41, 5.74) is 0.618. The molecule has 0 aliphatic carbocycles. The first kappa shape index (κ1) is 28.3. The smallest absolute Gasteiger partial charge is 0.377 e. The number of hydrogen-bond acceptors (Lipinski definition) is 7. The summed E-state index contributed by atoms with van der Waals surface area (Å²) in [6, 6.07) is 4.01. The van der Waals surface area contributed by atoms with Gasteiger partial charge in [0.05, 0.1) is 18.8 Å². The Labute approximate surface area is 233 Å². The van der Waals surface area contributed by atoms with E-state index in [1.54, 1.807) is 16.4 Å². The van der Waals surface area contributed by atoms with Crippen molar-refractivity contribution < 1.29 is 27.5 Å². The Morgan fingerprint density at radius 1 is 1.17 bits per heavy atom. The average molecular weight is 574 g/mol. The van der Waals surface area contributed by atoms with E-state index in [2.05, 4.69) is 15.4 Å². The Balaban J connectivity index is 1.52. The molecule has 2 aliphatic heterocycles. The topological polar surface area (TPSA) is 114 Å². The number of piperazine rings is 1. The van der Waals surface area contributed by atoms with Crippen LogP contribution in [-0.2, 0) is 27.0 Å². The zero-order chi connectivity index (χ0) is 29.5. The van der Waals surface area contributed by atoms with Crippen LogP contribution in [0.25, 0.3) is 11.4 Å². The minimum atomic E-state index is -4.49. The number of alkyl halides is 3. The zero-order valence-electron chi connectivity index (χ0n) is 22.9. The zero-order valence-corrected chi connectivity index (χ0v) is 22.9. The summed E-state index contributed by atoms with van der Waals surface area (Å²) < 4.78 is 47.0. The number of benzene rings is 1. The molecular weight excluding hydrogens is 543 g/mol. The molecule has 1 atom stereocenters. The van der Waals surface area contributed by atoms with Crippen molar-refractivity contribution in [2.75, 3.05) is 43.1 Å². The second-order valence-corrected chi connectivity index (χ2v) is 10.2. The Morgan fingerprint density at radius 2 is 1.90 bits per heavy atom. The monoisotopic (exact) mass is 573 g/mol. The van der Waals surface area contributed by atoms with Crippen LogP contribution in [-0.4, -0.2) is 74.8 Å². The molecule has 1 N–H and O–H groups in total. The lowest BCUT2D eigenvalue weighted by Gasteiger charge is -2.40. The third-order valence-corrected chi connectivity index (χ3v) is 7.37. The van der Waals surface area contributed by atoms with Gasteiger partial charge in [-0.25, -0.2) is 0 Å². The van der Waals surface area contributed by atoms with Crippen molar-refractivity contribution in [1.82, 2.24) is 24.1 Å². The van der Waals surface area contributed by atoms with Crippen LogP contribution < -0.4 is 15.8 Å². The van der Waals surface area contributed by atoms with E-state index in [1.807, 2.05) is 17.9 Å². The van der Waals surface area contributed by atoms with E-state index >= 15 is 0 Å². The van der Waals surface area contributed by atoms with Gasteiger partial charge >= 0.3 is 6.18 Å². The molecule has 4 heterocycles. The second kappa shape index (κ2) is 11.0. The van der Waals surface area contributed by atoms with Crippen LogP contribution in [0.15, 0.2) is 35.1 Å². The number of nitrogens with one attached hydrogen (secondary N) is 1. The minimum Gasteiger partial charge on any atom is -0.377 e. The minimum absolute atomic E-state index is 0.0488. The Kier molecular flexibility index (Phi) is 7.60. The van der Waals surface area contributed by atoms with Crippen molar-refractivity contribution in [2.45, 2.75) is 46.0 Å². The summed E-state index contributed by atoms with van der Waals surface area (Å²) in [7, 11) is 0. The quantitative estimate of drug-likeness (QED) is 0.499. The molecule has 1 aromatic carbocycles. The first-order chi connectivity index (χ1) is 19.4. The Hall–Kier alpha value is -4.20. The van der Waals surface area contributed by atoms with Crippen molar-refractivity contribution in [3.63, 3.8) is 0 Å². The average Bonchev–Trinajstić information content (AvgIpc) is 3.37. The third-order valence-electron chi connectivity index (χ3n) is 7.37. The Bertz CT molecular complexity index is 1580. The SMILES string of the molecule is CC(=O)N1CCN(c2c(C)n(CC(=O)Nc3ccc(C(F)(F)F)cc3)c3nc(C4=CCOCC4)nn3c2=O)CC1C. The molecule has 41 heavy (non-hydrogen) atoms. The van der Waals surface area contributed by atoms with Crippen LogP contribution >= 0.6 is 0 Å². The van der Waals surface area contributed by atoms with E-state index in [1.165, 1.54) is 23.6 Å². The summed E-state index contributed by atoms with van der Waals surface area (Å²) >= 11 is 0. The predicted molar refractivity (Wildman–Crippen MR) is 145 cm³/mol. The molecule has 0 bridgehead atoms. The molecule has 14 heteroatoms. The highest BCUT2D eigenvalue weighted by atomic mass is 19.4. The van der Waals surface area contributed by atoms with E-state index in [4.69, 9.17) is 4.74 Å². The summed E-state index contributed by atoms with van der Waals surface area (Å²) in [6.07, 6.45) is -2.08. The standard InChI is InChI=1S/C27H30F3N7O4/c1-16-14-34(10-11-35(16)18(3)38)23-17(2)36(15-22(39)31-21-6-4-20(5-7-21)27(28,29)30)26-32-24(33-37(26)25(23)40)19-8-12-41-13-9-19/h4-8,16H,9-15H2,1-3H3,(H,31,39). The molecular formula is C27H30F3N7O4. The van der Waals surface area contributed by atoms with Gasteiger partial charge in [0.2, 0.25) is 17.6 Å². The molecule has 5 rings (SSSR count). The summed E-state index contributed by atoms with van der Waals surface area (Å²) in [5.74, 6) is -0.0495. The van der Waals surface area contributed by atoms with Gasteiger partial charge in [0.25, 0.3) is 5.56 Å². The number of ether oxygens (including phenoxy) is 1. The molecule has 2 aromatic heterocycles. The van der Waals surface area contributed by atoms with Crippen LogP contribution in [0.2, 0.25) is 0 Å². The molecule has 0 radical (unpaired) electrons. The van der Waals surface area contributed by atoms with Gasteiger partial charge in [-0.3, -0.25) is 14.4 Å². The van der Waals surface area contributed by atoms with E-state index in [0.717, 1.165) is 17.7 Å². The van der Waals surface area contributed by atoms with E-state index in [0.29, 0.717) is 56.5 Å². The van der Waals surface area contributed by atoms with Crippen molar-refractivity contribution in [3.05, 3.63) is 57.8 Å². The molecule has 1 fully saturated rings. The number of fused-ring (bicyclic) bond motifs is 1. The highest BCUT2D eigenvalue weighted by Crippen LogP contribution is 2.30.